The number of rotatable bonds is 8. The molecule has 1 atom stereocenters. The summed E-state index contributed by atoms with van der Waals surface area (Å²) in [4.78, 5) is 45.8. The van der Waals surface area contributed by atoms with E-state index in [-0.39, 0.29) is 18.2 Å². The number of ether oxygens (including phenoxy) is 2. The molecule has 0 N–H and O–H groups in total. The third-order valence-electron chi connectivity index (χ3n) is 6.79. The van der Waals surface area contributed by atoms with E-state index in [2.05, 4.69) is 15.0 Å². The number of piperazine rings is 1. The molecule has 2 aromatic carbocycles. The summed E-state index contributed by atoms with van der Waals surface area (Å²) in [5.41, 5.74) is 3.45. The number of carbonyl (C=O) groups excluding carboxylic acids is 3. The Morgan fingerprint density at radius 1 is 0.902 bits per heavy atom. The molecule has 1 aliphatic heterocycles. The van der Waals surface area contributed by atoms with Crippen LogP contribution < -0.4 is 4.90 Å². The van der Waals surface area contributed by atoms with E-state index in [0.717, 1.165) is 11.3 Å². The van der Waals surface area contributed by atoms with E-state index in [9.17, 15) is 14.4 Å². The number of hydrogen-bond acceptors (Lipinski definition) is 8. The van der Waals surface area contributed by atoms with Crippen molar-refractivity contribution < 1.29 is 23.9 Å². The van der Waals surface area contributed by atoms with Crippen molar-refractivity contribution in [3.8, 4) is 17.1 Å². The summed E-state index contributed by atoms with van der Waals surface area (Å²) in [6.07, 6.45) is 0.718. The van der Waals surface area contributed by atoms with Crippen LogP contribution in [-0.2, 0) is 19.1 Å². The molecule has 0 bridgehead atoms. The molecule has 10 nitrogen and oxygen atoms in total. The molecule has 5 rings (SSSR count). The van der Waals surface area contributed by atoms with Gasteiger partial charge >= 0.3 is 11.9 Å². The predicted octanol–water partition coefficient (Wildman–Crippen LogP) is 4.06. The molecule has 1 fully saturated rings. The zero-order valence-electron chi connectivity index (χ0n) is 23.0. The lowest BCUT2D eigenvalue weighted by Gasteiger charge is -2.37. The fourth-order valence-electron chi connectivity index (χ4n) is 4.79. The number of esters is 2. The maximum Gasteiger partial charge on any atom is 0.358 e. The second kappa shape index (κ2) is 12.5. The number of pyridine rings is 1. The van der Waals surface area contributed by atoms with Gasteiger partial charge in [0.15, 0.2) is 11.5 Å². The Balaban J connectivity index is 1.30. The fraction of sp³-hybridized carbons (Fsp3) is 0.258. The first-order valence-electron chi connectivity index (χ1n) is 13.5. The van der Waals surface area contributed by atoms with E-state index in [1.807, 2.05) is 60.7 Å². The summed E-state index contributed by atoms with van der Waals surface area (Å²) in [6.45, 7) is 5.59. The topological polar surface area (TPSA) is 107 Å². The smallest absolute Gasteiger partial charge is 0.358 e. The van der Waals surface area contributed by atoms with Crippen LogP contribution in [0.25, 0.3) is 17.1 Å². The van der Waals surface area contributed by atoms with E-state index >= 15 is 0 Å². The van der Waals surface area contributed by atoms with Crippen LogP contribution in [0.4, 0.5) is 5.69 Å². The van der Waals surface area contributed by atoms with Crippen molar-refractivity contribution in [2.24, 2.45) is 0 Å². The summed E-state index contributed by atoms with van der Waals surface area (Å²) < 4.78 is 12.2. The molecule has 1 unspecified atom stereocenters. The van der Waals surface area contributed by atoms with E-state index in [1.165, 1.54) is 6.92 Å². The Labute approximate surface area is 238 Å². The van der Waals surface area contributed by atoms with Crippen molar-refractivity contribution in [1.29, 1.82) is 0 Å². The van der Waals surface area contributed by atoms with E-state index < -0.39 is 18.0 Å². The molecule has 1 aliphatic rings. The quantitative estimate of drug-likeness (QED) is 0.301. The summed E-state index contributed by atoms with van der Waals surface area (Å²) in [5, 5.41) is 4.47. The monoisotopic (exact) mass is 553 g/mol. The summed E-state index contributed by atoms with van der Waals surface area (Å²) >= 11 is 0. The third-order valence-corrected chi connectivity index (χ3v) is 6.79. The minimum Gasteiger partial charge on any atom is -0.461 e. The molecule has 1 amide bonds. The van der Waals surface area contributed by atoms with Crippen LogP contribution in [0.5, 0.6) is 0 Å². The number of carbonyl (C=O) groups is 3. The van der Waals surface area contributed by atoms with E-state index in [0.29, 0.717) is 43.3 Å². The molecule has 210 valence electrons. The van der Waals surface area contributed by atoms with E-state index in [4.69, 9.17) is 9.47 Å². The Hall–Kier alpha value is -4.99. The lowest BCUT2D eigenvalue weighted by atomic mass is 10.1. The molecule has 0 aliphatic carbocycles. The Morgan fingerprint density at radius 3 is 2.24 bits per heavy atom. The predicted molar refractivity (Wildman–Crippen MR) is 152 cm³/mol. The first kappa shape index (κ1) is 27.6. The minimum atomic E-state index is -0.956. The minimum absolute atomic E-state index is 0.208. The largest absolute Gasteiger partial charge is 0.461 e. The van der Waals surface area contributed by atoms with Crippen molar-refractivity contribution in [2.75, 3.05) is 37.7 Å². The third kappa shape index (κ3) is 6.27. The highest BCUT2D eigenvalue weighted by Gasteiger charge is 2.31. The van der Waals surface area contributed by atoms with E-state index in [1.54, 1.807) is 40.9 Å². The second-order valence-corrected chi connectivity index (χ2v) is 9.49. The van der Waals surface area contributed by atoms with Gasteiger partial charge in [-0.2, -0.15) is 5.10 Å². The lowest BCUT2D eigenvalue weighted by Crippen LogP contribution is -2.50. The van der Waals surface area contributed by atoms with Gasteiger partial charge in [-0.15, -0.1) is 0 Å². The Bertz CT molecular complexity index is 1500. The van der Waals surface area contributed by atoms with Crippen LogP contribution >= 0.6 is 0 Å². The van der Waals surface area contributed by atoms with Gasteiger partial charge in [-0.3, -0.25) is 9.59 Å². The van der Waals surface area contributed by atoms with Gasteiger partial charge < -0.3 is 19.3 Å². The van der Waals surface area contributed by atoms with Crippen LogP contribution in [-0.4, -0.2) is 70.3 Å². The van der Waals surface area contributed by atoms with Gasteiger partial charge in [0.2, 0.25) is 6.10 Å². The molecular formula is C31H31N5O5. The highest BCUT2D eigenvalue weighted by Crippen LogP contribution is 2.28. The van der Waals surface area contributed by atoms with Crippen LogP contribution in [0.1, 0.15) is 36.0 Å². The first-order valence-corrected chi connectivity index (χ1v) is 13.5. The average molecular weight is 554 g/mol. The highest BCUT2D eigenvalue weighted by molar-refractivity contribution is 5.89. The maximum atomic E-state index is 13.3. The normalized spacial score (nSPS) is 13.9. The summed E-state index contributed by atoms with van der Waals surface area (Å²) in [7, 11) is 0. The molecular weight excluding hydrogens is 522 g/mol. The van der Waals surface area contributed by atoms with Crippen molar-refractivity contribution in [2.45, 2.75) is 20.0 Å². The van der Waals surface area contributed by atoms with Crippen LogP contribution in [0.2, 0.25) is 0 Å². The van der Waals surface area contributed by atoms with Gasteiger partial charge in [0.1, 0.15) is 0 Å². The highest BCUT2D eigenvalue weighted by atomic mass is 16.5. The standard InChI is InChI=1S/C31H31N5O5/c1-3-40-31(39)26-21-27(36(33-26)28-11-7-8-16-32-28)23-12-14-25(15-13-23)34-17-19-35(20-18-34)30(38)29(41-22(2)37)24-9-5-4-6-10-24/h4-16,21,29H,3,17-20H2,1-2H3. The number of aromatic nitrogens is 3. The molecule has 4 aromatic rings. The zero-order chi connectivity index (χ0) is 28.8. The van der Waals surface area contributed by atoms with Gasteiger partial charge in [-0.1, -0.05) is 48.5 Å². The van der Waals surface area contributed by atoms with Crippen molar-refractivity contribution in [3.05, 3.63) is 96.3 Å². The lowest BCUT2D eigenvalue weighted by molar-refractivity contribution is -0.159. The molecule has 0 spiro atoms. The Morgan fingerprint density at radius 2 is 1.61 bits per heavy atom. The van der Waals surface area contributed by atoms with Crippen molar-refractivity contribution in [3.63, 3.8) is 0 Å². The second-order valence-electron chi connectivity index (χ2n) is 9.49. The van der Waals surface area contributed by atoms with Gasteiger partial charge in [-0.05, 0) is 37.3 Å². The molecule has 10 heteroatoms. The van der Waals surface area contributed by atoms with Gasteiger partial charge in [0.25, 0.3) is 5.91 Å². The molecule has 0 saturated carbocycles. The Kier molecular flexibility index (Phi) is 8.38. The maximum absolute atomic E-state index is 13.3. The summed E-state index contributed by atoms with van der Waals surface area (Å²) in [5.74, 6) is -0.618. The fourth-order valence-corrected chi connectivity index (χ4v) is 4.79. The summed E-state index contributed by atoms with van der Waals surface area (Å²) in [6, 6.07) is 24.3. The zero-order valence-corrected chi connectivity index (χ0v) is 23.0. The average Bonchev–Trinajstić information content (AvgIpc) is 3.47. The van der Waals surface area contributed by atoms with Gasteiger partial charge in [0, 0.05) is 56.1 Å². The van der Waals surface area contributed by atoms with Crippen LogP contribution in [0.15, 0.2) is 85.1 Å². The molecule has 41 heavy (non-hydrogen) atoms. The number of anilines is 1. The molecule has 2 aromatic heterocycles. The van der Waals surface area contributed by atoms with Crippen LogP contribution in [0, 0.1) is 0 Å². The number of hydrogen-bond donors (Lipinski definition) is 0. The molecule has 3 heterocycles. The molecule has 1 saturated heterocycles. The first-order chi connectivity index (χ1) is 19.9. The van der Waals surface area contributed by atoms with Gasteiger partial charge in [0.05, 0.1) is 12.3 Å². The molecule has 0 radical (unpaired) electrons. The van der Waals surface area contributed by atoms with Crippen molar-refractivity contribution >= 4 is 23.5 Å². The van der Waals surface area contributed by atoms with Crippen molar-refractivity contribution in [1.82, 2.24) is 19.7 Å². The van der Waals surface area contributed by atoms with Crippen LogP contribution in [0.3, 0.4) is 0 Å². The SMILES string of the molecule is CCOC(=O)c1cc(-c2ccc(N3CCN(C(=O)C(OC(C)=O)c4ccccc4)CC3)cc2)n(-c2ccccn2)n1. The van der Waals surface area contributed by atoms with Gasteiger partial charge in [-0.25, -0.2) is 14.5 Å². The number of benzene rings is 2. The number of nitrogens with zero attached hydrogens (tertiary/aromatic N) is 5. The number of amides is 1.